The summed E-state index contributed by atoms with van der Waals surface area (Å²) >= 11 is 5.27. The highest BCUT2D eigenvalue weighted by Crippen LogP contribution is 2.31. The summed E-state index contributed by atoms with van der Waals surface area (Å²) in [7, 11) is 3.73. The average Bonchev–Trinajstić information content (AvgIpc) is 2.67. The molecule has 0 aliphatic heterocycles. The summed E-state index contributed by atoms with van der Waals surface area (Å²) in [6.07, 6.45) is 0.940. The molecule has 0 unspecified atom stereocenters. The van der Waals surface area contributed by atoms with Gasteiger partial charge in [-0.1, -0.05) is 36.8 Å². The van der Waals surface area contributed by atoms with Gasteiger partial charge >= 0.3 is 0 Å². The van der Waals surface area contributed by atoms with Gasteiger partial charge in [0.05, 0.1) is 7.11 Å². The summed E-state index contributed by atoms with van der Waals surface area (Å²) < 4.78 is 11.3. The van der Waals surface area contributed by atoms with Gasteiger partial charge in [-0.05, 0) is 69.3 Å². The summed E-state index contributed by atoms with van der Waals surface area (Å²) in [6, 6.07) is 11.7. The van der Waals surface area contributed by atoms with E-state index in [2.05, 4.69) is 30.8 Å². The summed E-state index contributed by atoms with van der Waals surface area (Å²) in [5, 5.41) is 0.0502. The summed E-state index contributed by atoms with van der Waals surface area (Å²) in [5.74, 6) is 1.49. The van der Waals surface area contributed by atoms with Gasteiger partial charge in [-0.15, -0.1) is 0 Å². The standard InChI is InChI=1S/C22H29N3O2S/c1-6-25(4)12-11-18-14-19(26-5)20(13-16(18)3)27-22(28)24-21(23)17-9-7-15(2)8-10-17/h7-10,13-14H,6,11-12H2,1-5H3,(H2,23,24,28). The molecule has 0 amide bonds. The number of rotatable bonds is 7. The number of hydrogen-bond acceptors (Lipinski definition) is 4. The SMILES string of the molecule is CCN(C)CCc1cc(OC)c(OC(=S)N=C(N)c2ccc(C)cc2)cc1C. The molecule has 28 heavy (non-hydrogen) atoms. The van der Waals surface area contributed by atoms with Crippen LogP contribution in [-0.2, 0) is 6.42 Å². The number of aliphatic imine (C=N–C) groups is 1. The molecule has 0 aliphatic rings. The Morgan fingerprint density at radius 2 is 1.82 bits per heavy atom. The van der Waals surface area contributed by atoms with Gasteiger partial charge in [-0.25, -0.2) is 0 Å². The Morgan fingerprint density at radius 1 is 1.14 bits per heavy atom. The minimum atomic E-state index is 0.0502. The monoisotopic (exact) mass is 399 g/mol. The first-order valence-corrected chi connectivity index (χ1v) is 9.74. The van der Waals surface area contributed by atoms with Crippen LogP contribution < -0.4 is 15.2 Å². The predicted molar refractivity (Wildman–Crippen MR) is 120 cm³/mol. The van der Waals surface area contributed by atoms with E-state index in [-0.39, 0.29) is 5.17 Å². The van der Waals surface area contributed by atoms with Gasteiger partial charge in [-0.3, -0.25) is 0 Å². The zero-order chi connectivity index (χ0) is 20.7. The summed E-state index contributed by atoms with van der Waals surface area (Å²) in [6.45, 7) is 8.22. The van der Waals surface area contributed by atoms with Crippen LogP contribution in [0, 0.1) is 13.8 Å². The van der Waals surface area contributed by atoms with Crippen LogP contribution in [0.1, 0.15) is 29.2 Å². The molecule has 0 heterocycles. The number of benzene rings is 2. The highest BCUT2D eigenvalue weighted by Gasteiger charge is 2.12. The molecular weight excluding hydrogens is 370 g/mol. The van der Waals surface area contributed by atoms with Crippen molar-refractivity contribution in [2.45, 2.75) is 27.2 Å². The highest BCUT2D eigenvalue weighted by molar-refractivity contribution is 7.80. The number of nitrogens with two attached hydrogens (primary N) is 1. The van der Waals surface area contributed by atoms with E-state index in [1.165, 1.54) is 5.56 Å². The van der Waals surface area contributed by atoms with Crippen molar-refractivity contribution >= 4 is 23.2 Å². The Hall–Kier alpha value is -2.44. The lowest BCUT2D eigenvalue weighted by Crippen LogP contribution is -2.20. The maximum Gasteiger partial charge on any atom is 0.291 e. The molecule has 5 nitrogen and oxygen atoms in total. The lowest BCUT2D eigenvalue weighted by atomic mass is 10.0. The number of ether oxygens (including phenoxy) is 2. The largest absolute Gasteiger partial charge is 0.493 e. The fourth-order valence-corrected chi connectivity index (χ4v) is 2.87. The van der Waals surface area contributed by atoms with Gasteiger partial charge in [0.1, 0.15) is 5.84 Å². The van der Waals surface area contributed by atoms with Crippen molar-refractivity contribution in [3.05, 3.63) is 58.7 Å². The molecule has 150 valence electrons. The van der Waals surface area contributed by atoms with E-state index in [1.807, 2.05) is 43.3 Å². The second-order valence-electron chi connectivity index (χ2n) is 6.81. The second kappa shape index (κ2) is 10.2. The molecule has 0 bridgehead atoms. The van der Waals surface area contributed by atoms with Gasteiger partial charge in [0.2, 0.25) is 0 Å². The number of likely N-dealkylation sites (N-methyl/N-ethyl adjacent to an activating group) is 1. The number of nitrogens with zero attached hydrogens (tertiary/aromatic N) is 2. The van der Waals surface area contributed by atoms with Crippen molar-refractivity contribution in [2.24, 2.45) is 10.7 Å². The maximum absolute atomic E-state index is 6.05. The summed E-state index contributed by atoms with van der Waals surface area (Å²) in [5.41, 5.74) is 10.4. The van der Waals surface area contributed by atoms with Crippen molar-refractivity contribution in [3.63, 3.8) is 0 Å². The Labute approximate surface area is 173 Å². The number of aryl methyl sites for hydroxylation is 2. The molecule has 0 atom stereocenters. The van der Waals surface area contributed by atoms with E-state index in [9.17, 15) is 0 Å². The molecule has 2 aromatic carbocycles. The summed E-state index contributed by atoms with van der Waals surface area (Å²) in [4.78, 5) is 6.48. The molecule has 0 saturated carbocycles. The van der Waals surface area contributed by atoms with Crippen molar-refractivity contribution in [3.8, 4) is 11.5 Å². The van der Waals surface area contributed by atoms with Crippen LogP contribution >= 0.6 is 12.2 Å². The minimum absolute atomic E-state index is 0.0502. The molecular formula is C22H29N3O2S. The number of thiocarbonyl (C=S) groups is 1. The normalized spacial score (nSPS) is 11.6. The van der Waals surface area contributed by atoms with Gasteiger partial charge in [-0.2, -0.15) is 4.99 Å². The Balaban J connectivity index is 2.15. The highest BCUT2D eigenvalue weighted by atomic mass is 32.1. The van der Waals surface area contributed by atoms with Crippen LogP contribution in [0.4, 0.5) is 0 Å². The molecule has 0 radical (unpaired) electrons. The number of amidine groups is 1. The Bertz CT molecular complexity index is 848. The Kier molecular flexibility index (Phi) is 7.96. The lowest BCUT2D eigenvalue weighted by Gasteiger charge is -2.17. The topological polar surface area (TPSA) is 60.1 Å². The first kappa shape index (κ1) is 21.9. The van der Waals surface area contributed by atoms with Crippen LogP contribution in [0.25, 0.3) is 0 Å². The number of methoxy groups -OCH3 is 1. The van der Waals surface area contributed by atoms with Gasteiger partial charge in [0, 0.05) is 12.1 Å². The zero-order valence-electron chi connectivity index (χ0n) is 17.3. The van der Waals surface area contributed by atoms with Crippen LogP contribution in [0.5, 0.6) is 11.5 Å². The molecule has 0 aliphatic carbocycles. The number of hydrogen-bond donors (Lipinski definition) is 1. The first-order valence-electron chi connectivity index (χ1n) is 9.33. The average molecular weight is 400 g/mol. The minimum Gasteiger partial charge on any atom is -0.493 e. The van der Waals surface area contributed by atoms with E-state index < -0.39 is 0 Å². The maximum atomic E-state index is 6.05. The molecule has 0 spiro atoms. The van der Waals surface area contributed by atoms with Gasteiger partial charge in [0.15, 0.2) is 11.5 Å². The second-order valence-corrected chi connectivity index (χ2v) is 7.16. The molecule has 0 aromatic heterocycles. The zero-order valence-corrected chi connectivity index (χ0v) is 18.1. The van der Waals surface area contributed by atoms with Crippen LogP contribution in [0.3, 0.4) is 0 Å². The Morgan fingerprint density at radius 3 is 2.43 bits per heavy atom. The van der Waals surface area contributed by atoms with E-state index in [4.69, 9.17) is 27.4 Å². The fourth-order valence-electron chi connectivity index (χ4n) is 2.69. The third-order valence-electron chi connectivity index (χ3n) is 4.68. The lowest BCUT2D eigenvalue weighted by molar-refractivity contribution is 0.356. The van der Waals surface area contributed by atoms with Crippen molar-refractivity contribution in [2.75, 3.05) is 27.2 Å². The molecule has 2 aromatic rings. The molecule has 0 fully saturated rings. The molecule has 0 saturated heterocycles. The van der Waals surface area contributed by atoms with Crippen LogP contribution in [0.2, 0.25) is 0 Å². The fraction of sp³-hybridized carbons (Fsp3) is 0.364. The van der Waals surface area contributed by atoms with Gasteiger partial charge < -0.3 is 20.1 Å². The molecule has 2 N–H and O–H groups in total. The van der Waals surface area contributed by atoms with Crippen molar-refractivity contribution in [1.82, 2.24) is 4.90 Å². The molecule has 6 heteroatoms. The van der Waals surface area contributed by atoms with E-state index in [0.717, 1.165) is 36.2 Å². The third kappa shape index (κ3) is 6.04. The first-order chi connectivity index (χ1) is 13.3. The van der Waals surface area contributed by atoms with Crippen molar-refractivity contribution in [1.29, 1.82) is 0 Å². The van der Waals surface area contributed by atoms with E-state index in [0.29, 0.717) is 17.3 Å². The van der Waals surface area contributed by atoms with E-state index >= 15 is 0 Å². The smallest absolute Gasteiger partial charge is 0.291 e. The van der Waals surface area contributed by atoms with Gasteiger partial charge in [0.25, 0.3) is 5.17 Å². The van der Waals surface area contributed by atoms with Crippen LogP contribution in [-0.4, -0.2) is 43.2 Å². The predicted octanol–water partition coefficient (Wildman–Crippen LogP) is 3.88. The third-order valence-corrected chi connectivity index (χ3v) is 4.86. The quantitative estimate of drug-likeness (QED) is 0.435. The van der Waals surface area contributed by atoms with E-state index in [1.54, 1.807) is 7.11 Å². The molecule has 2 rings (SSSR count). The van der Waals surface area contributed by atoms with Crippen molar-refractivity contribution < 1.29 is 9.47 Å². The van der Waals surface area contributed by atoms with Crippen LogP contribution in [0.15, 0.2) is 41.4 Å².